The molecule has 0 aromatic heterocycles. The first-order valence-electron chi connectivity index (χ1n) is 4.14. The summed E-state index contributed by atoms with van der Waals surface area (Å²) in [7, 11) is 2.85. The van der Waals surface area contributed by atoms with E-state index in [2.05, 4.69) is 0 Å². The Labute approximate surface area is 82.1 Å². The van der Waals surface area contributed by atoms with E-state index in [4.69, 9.17) is 9.47 Å². The Morgan fingerprint density at radius 1 is 1.29 bits per heavy atom. The van der Waals surface area contributed by atoms with Gasteiger partial charge in [0, 0.05) is 14.2 Å². The average molecular weight is 200 g/mol. The fraction of sp³-hybridized carbons (Fsp3) is 0.400. The summed E-state index contributed by atoms with van der Waals surface area (Å²) in [6, 6.07) is 2.45. The Hall–Kier alpha value is -1.13. The van der Waals surface area contributed by atoms with Crippen molar-refractivity contribution in [2.75, 3.05) is 14.2 Å². The number of phenols is 1. The van der Waals surface area contributed by atoms with Crippen molar-refractivity contribution in [2.24, 2.45) is 0 Å². The summed E-state index contributed by atoms with van der Waals surface area (Å²) in [5.41, 5.74) is 0.756. The van der Waals surface area contributed by atoms with Gasteiger partial charge in [-0.2, -0.15) is 0 Å². The van der Waals surface area contributed by atoms with Crippen molar-refractivity contribution in [3.05, 3.63) is 29.1 Å². The van der Waals surface area contributed by atoms with Crippen LogP contribution < -0.4 is 0 Å². The maximum absolute atomic E-state index is 13.0. The molecule has 78 valence electrons. The third kappa shape index (κ3) is 2.02. The Kier molecular flexibility index (Phi) is 3.43. The van der Waals surface area contributed by atoms with Crippen LogP contribution in [0.25, 0.3) is 0 Å². The number of methoxy groups -OCH3 is 2. The van der Waals surface area contributed by atoms with E-state index in [0.29, 0.717) is 11.1 Å². The SMILES string of the molecule is COC(OC)c1cc(F)cc(C)c1O. The zero-order chi connectivity index (χ0) is 10.7. The number of hydrogen-bond donors (Lipinski definition) is 1. The lowest BCUT2D eigenvalue weighted by Crippen LogP contribution is -2.05. The van der Waals surface area contributed by atoms with Crippen LogP contribution in [-0.2, 0) is 9.47 Å². The molecular weight excluding hydrogens is 187 g/mol. The lowest BCUT2D eigenvalue weighted by Gasteiger charge is -2.16. The van der Waals surface area contributed by atoms with Crippen LogP contribution in [0.5, 0.6) is 5.75 Å². The molecule has 0 saturated heterocycles. The van der Waals surface area contributed by atoms with Gasteiger partial charge in [0.1, 0.15) is 11.6 Å². The van der Waals surface area contributed by atoms with Gasteiger partial charge in [-0.3, -0.25) is 0 Å². The number of halogens is 1. The van der Waals surface area contributed by atoms with Gasteiger partial charge >= 0.3 is 0 Å². The van der Waals surface area contributed by atoms with Crippen LogP contribution in [-0.4, -0.2) is 19.3 Å². The van der Waals surface area contributed by atoms with Gasteiger partial charge in [0.15, 0.2) is 6.29 Å². The van der Waals surface area contributed by atoms with E-state index in [9.17, 15) is 9.50 Å². The molecular formula is C10H13FO3. The molecule has 0 radical (unpaired) electrons. The largest absolute Gasteiger partial charge is 0.507 e. The van der Waals surface area contributed by atoms with Crippen molar-refractivity contribution in [1.29, 1.82) is 0 Å². The second-order valence-electron chi connectivity index (χ2n) is 2.96. The number of rotatable bonds is 3. The van der Waals surface area contributed by atoms with Gasteiger partial charge in [0.2, 0.25) is 0 Å². The van der Waals surface area contributed by atoms with Crippen LogP contribution in [0.3, 0.4) is 0 Å². The van der Waals surface area contributed by atoms with Gasteiger partial charge in [-0.05, 0) is 24.6 Å². The zero-order valence-corrected chi connectivity index (χ0v) is 8.37. The van der Waals surface area contributed by atoms with E-state index in [1.165, 1.54) is 26.4 Å². The minimum atomic E-state index is -0.746. The molecule has 0 aliphatic rings. The van der Waals surface area contributed by atoms with E-state index in [0.717, 1.165) is 0 Å². The molecule has 0 atom stereocenters. The maximum Gasteiger partial charge on any atom is 0.186 e. The van der Waals surface area contributed by atoms with E-state index in [-0.39, 0.29) is 5.75 Å². The first-order chi connectivity index (χ1) is 6.60. The fourth-order valence-electron chi connectivity index (χ4n) is 1.29. The van der Waals surface area contributed by atoms with E-state index in [1.54, 1.807) is 6.92 Å². The van der Waals surface area contributed by atoms with Crippen LogP contribution in [0.4, 0.5) is 4.39 Å². The van der Waals surface area contributed by atoms with Gasteiger partial charge in [-0.1, -0.05) is 0 Å². The summed E-state index contributed by atoms with van der Waals surface area (Å²) in [5.74, 6) is -0.422. The number of ether oxygens (including phenoxy) is 2. The third-order valence-electron chi connectivity index (χ3n) is 1.98. The van der Waals surface area contributed by atoms with Gasteiger partial charge in [0.05, 0.1) is 5.56 Å². The van der Waals surface area contributed by atoms with E-state index in [1.807, 2.05) is 0 Å². The summed E-state index contributed by atoms with van der Waals surface area (Å²) >= 11 is 0. The molecule has 0 unspecified atom stereocenters. The summed E-state index contributed by atoms with van der Waals surface area (Å²) in [5, 5.41) is 9.63. The minimum Gasteiger partial charge on any atom is -0.507 e. The second-order valence-corrected chi connectivity index (χ2v) is 2.96. The molecule has 0 saturated carbocycles. The Balaban J connectivity index is 3.18. The van der Waals surface area contributed by atoms with Gasteiger partial charge in [-0.15, -0.1) is 0 Å². The van der Waals surface area contributed by atoms with Crippen molar-refractivity contribution in [1.82, 2.24) is 0 Å². The van der Waals surface area contributed by atoms with E-state index < -0.39 is 12.1 Å². The first kappa shape index (κ1) is 10.9. The molecule has 0 aliphatic heterocycles. The molecule has 14 heavy (non-hydrogen) atoms. The molecule has 0 amide bonds. The second kappa shape index (κ2) is 4.39. The van der Waals surface area contributed by atoms with Crippen molar-refractivity contribution < 1.29 is 19.0 Å². The average Bonchev–Trinajstić information content (AvgIpc) is 2.15. The van der Waals surface area contributed by atoms with Crippen molar-refractivity contribution in [3.8, 4) is 5.75 Å². The molecule has 1 rings (SSSR count). The lowest BCUT2D eigenvalue weighted by molar-refractivity contribution is -0.107. The normalized spacial score (nSPS) is 10.9. The molecule has 0 aliphatic carbocycles. The highest BCUT2D eigenvalue weighted by atomic mass is 19.1. The Morgan fingerprint density at radius 3 is 2.36 bits per heavy atom. The number of phenolic OH excluding ortho intramolecular Hbond substituents is 1. The smallest absolute Gasteiger partial charge is 0.186 e. The van der Waals surface area contributed by atoms with Crippen LogP contribution in [0.2, 0.25) is 0 Å². The summed E-state index contributed by atoms with van der Waals surface area (Å²) in [6.45, 7) is 1.62. The number of hydrogen-bond acceptors (Lipinski definition) is 3. The van der Waals surface area contributed by atoms with E-state index >= 15 is 0 Å². The molecule has 0 bridgehead atoms. The quantitative estimate of drug-likeness (QED) is 0.759. The zero-order valence-electron chi connectivity index (χ0n) is 8.37. The molecule has 0 heterocycles. The topological polar surface area (TPSA) is 38.7 Å². The predicted octanol–water partition coefficient (Wildman–Crippen LogP) is 2.13. The Morgan fingerprint density at radius 2 is 1.86 bits per heavy atom. The van der Waals surface area contributed by atoms with Crippen molar-refractivity contribution >= 4 is 0 Å². The van der Waals surface area contributed by atoms with Crippen LogP contribution >= 0.6 is 0 Å². The number of aryl methyl sites for hydroxylation is 1. The summed E-state index contributed by atoms with van der Waals surface area (Å²) < 4.78 is 22.9. The highest BCUT2D eigenvalue weighted by Gasteiger charge is 2.16. The van der Waals surface area contributed by atoms with Gasteiger partial charge in [0.25, 0.3) is 0 Å². The molecule has 0 fully saturated rings. The fourth-order valence-corrected chi connectivity index (χ4v) is 1.29. The number of aromatic hydroxyl groups is 1. The van der Waals surface area contributed by atoms with Crippen LogP contribution in [0, 0.1) is 12.7 Å². The highest BCUT2D eigenvalue weighted by molar-refractivity contribution is 5.40. The Bertz CT molecular complexity index is 321. The molecule has 1 aromatic rings. The lowest BCUT2D eigenvalue weighted by atomic mass is 10.1. The van der Waals surface area contributed by atoms with Crippen LogP contribution in [0.1, 0.15) is 17.4 Å². The third-order valence-corrected chi connectivity index (χ3v) is 1.98. The number of benzene rings is 1. The molecule has 0 spiro atoms. The minimum absolute atomic E-state index is 0.0000926. The standard InChI is InChI=1S/C10H13FO3/c1-6-4-7(11)5-8(9(6)12)10(13-2)14-3/h4-5,10,12H,1-3H3. The van der Waals surface area contributed by atoms with Gasteiger partial charge in [-0.25, -0.2) is 4.39 Å². The maximum atomic E-state index is 13.0. The monoisotopic (exact) mass is 200 g/mol. The predicted molar refractivity (Wildman–Crippen MR) is 49.6 cm³/mol. The van der Waals surface area contributed by atoms with Crippen molar-refractivity contribution in [3.63, 3.8) is 0 Å². The summed E-state index contributed by atoms with van der Waals surface area (Å²) in [6.07, 6.45) is -0.746. The van der Waals surface area contributed by atoms with Gasteiger partial charge < -0.3 is 14.6 Å². The van der Waals surface area contributed by atoms with Crippen molar-refractivity contribution in [2.45, 2.75) is 13.2 Å². The molecule has 4 heteroatoms. The molecule has 1 aromatic carbocycles. The molecule has 3 nitrogen and oxygen atoms in total. The molecule has 1 N–H and O–H groups in total. The highest BCUT2D eigenvalue weighted by Crippen LogP contribution is 2.30. The summed E-state index contributed by atoms with van der Waals surface area (Å²) in [4.78, 5) is 0. The first-order valence-corrected chi connectivity index (χ1v) is 4.14. The van der Waals surface area contributed by atoms with Crippen LogP contribution in [0.15, 0.2) is 12.1 Å².